The molecular formula is C13H15ClN2O2S2. The Labute approximate surface area is 127 Å². The maximum atomic E-state index is 12.3. The van der Waals surface area contributed by atoms with Gasteiger partial charge in [-0.25, -0.2) is 13.1 Å². The van der Waals surface area contributed by atoms with Crippen molar-refractivity contribution in [2.75, 3.05) is 7.05 Å². The average molecular weight is 331 g/mol. The highest BCUT2D eigenvalue weighted by Crippen LogP contribution is 2.22. The van der Waals surface area contributed by atoms with Gasteiger partial charge in [0.25, 0.3) is 0 Å². The molecule has 0 amide bonds. The predicted octanol–water partition coefficient (Wildman–Crippen LogP) is 2.60. The second-order valence-corrected chi connectivity index (χ2v) is 7.37. The van der Waals surface area contributed by atoms with E-state index in [2.05, 4.69) is 10.0 Å². The molecule has 0 spiro atoms. The molecule has 0 radical (unpaired) electrons. The van der Waals surface area contributed by atoms with Crippen LogP contribution in [0.5, 0.6) is 0 Å². The normalized spacial score (nSPS) is 11.7. The number of sulfonamides is 1. The summed E-state index contributed by atoms with van der Waals surface area (Å²) < 4.78 is 27.2. The zero-order valence-corrected chi connectivity index (χ0v) is 13.3. The van der Waals surface area contributed by atoms with Gasteiger partial charge in [0, 0.05) is 23.0 Å². The van der Waals surface area contributed by atoms with E-state index >= 15 is 0 Å². The summed E-state index contributed by atoms with van der Waals surface area (Å²) >= 11 is 7.30. The number of thiophene rings is 1. The Bertz CT molecular complexity index is 683. The highest BCUT2D eigenvalue weighted by atomic mass is 35.5. The molecule has 1 aromatic heterocycles. The third-order valence-electron chi connectivity index (χ3n) is 2.69. The minimum atomic E-state index is -3.50. The Morgan fingerprint density at radius 2 is 2.05 bits per heavy atom. The highest BCUT2D eigenvalue weighted by Gasteiger charge is 2.18. The second-order valence-electron chi connectivity index (χ2n) is 4.19. The summed E-state index contributed by atoms with van der Waals surface area (Å²) in [4.78, 5) is 1.13. The quantitative estimate of drug-likeness (QED) is 0.856. The number of nitrogens with one attached hydrogen (secondary N) is 2. The Balaban J connectivity index is 2.13. The third-order valence-corrected chi connectivity index (χ3v) is 5.46. The average Bonchev–Trinajstić information content (AvgIpc) is 2.86. The molecule has 2 rings (SSSR count). The molecule has 0 saturated heterocycles. The van der Waals surface area contributed by atoms with Crippen molar-refractivity contribution in [2.24, 2.45) is 0 Å². The van der Waals surface area contributed by atoms with Crippen LogP contribution in [0, 0.1) is 0 Å². The molecule has 2 N–H and O–H groups in total. The van der Waals surface area contributed by atoms with Crippen molar-refractivity contribution in [1.82, 2.24) is 10.0 Å². The summed E-state index contributed by atoms with van der Waals surface area (Å²) in [5.41, 5.74) is 0.825. The zero-order chi connectivity index (χ0) is 14.6. The topological polar surface area (TPSA) is 58.2 Å². The molecular weight excluding hydrogens is 316 g/mol. The Hall–Kier alpha value is -0.920. The molecule has 0 fully saturated rings. The maximum absolute atomic E-state index is 12.3. The van der Waals surface area contributed by atoms with Crippen LogP contribution in [0.15, 0.2) is 40.6 Å². The number of hydrogen-bond donors (Lipinski definition) is 2. The number of rotatable bonds is 6. The molecule has 0 atom stereocenters. The molecule has 2 aromatic rings. The fourth-order valence-corrected chi connectivity index (χ4v) is 4.44. The molecule has 20 heavy (non-hydrogen) atoms. The van der Waals surface area contributed by atoms with Crippen LogP contribution in [-0.2, 0) is 23.1 Å². The van der Waals surface area contributed by atoms with Crippen LogP contribution in [0.4, 0.5) is 0 Å². The molecule has 1 heterocycles. The number of hydrogen-bond acceptors (Lipinski definition) is 4. The SMILES string of the molecule is CNCc1sccc1S(=O)(=O)NCc1cccc(Cl)c1. The first kappa shape index (κ1) is 15.5. The van der Waals surface area contributed by atoms with Gasteiger partial charge in [0.05, 0.1) is 4.90 Å². The number of halogens is 1. The lowest BCUT2D eigenvalue weighted by Crippen LogP contribution is -2.24. The highest BCUT2D eigenvalue weighted by molar-refractivity contribution is 7.89. The van der Waals surface area contributed by atoms with Crippen LogP contribution in [-0.4, -0.2) is 15.5 Å². The van der Waals surface area contributed by atoms with Crippen molar-refractivity contribution >= 4 is 33.0 Å². The van der Waals surface area contributed by atoms with E-state index in [4.69, 9.17) is 11.6 Å². The van der Waals surface area contributed by atoms with Crippen LogP contribution in [0.3, 0.4) is 0 Å². The van der Waals surface area contributed by atoms with E-state index in [0.717, 1.165) is 10.4 Å². The molecule has 0 aliphatic carbocycles. The summed E-state index contributed by atoms with van der Waals surface area (Å²) in [6.07, 6.45) is 0. The molecule has 108 valence electrons. The van der Waals surface area contributed by atoms with Crippen molar-refractivity contribution in [3.05, 3.63) is 51.2 Å². The lowest BCUT2D eigenvalue weighted by Gasteiger charge is -2.08. The van der Waals surface area contributed by atoms with Gasteiger partial charge in [-0.15, -0.1) is 11.3 Å². The van der Waals surface area contributed by atoms with Gasteiger partial charge in [0.2, 0.25) is 10.0 Å². The Kier molecular flexibility index (Phi) is 5.17. The van der Waals surface area contributed by atoms with E-state index in [9.17, 15) is 8.42 Å². The first-order chi connectivity index (χ1) is 9.53. The predicted molar refractivity (Wildman–Crippen MR) is 82.6 cm³/mol. The van der Waals surface area contributed by atoms with Gasteiger partial charge in [0.15, 0.2) is 0 Å². The van der Waals surface area contributed by atoms with E-state index in [-0.39, 0.29) is 6.54 Å². The fraction of sp³-hybridized carbons (Fsp3) is 0.231. The van der Waals surface area contributed by atoms with Crippen molar-refractivity contribution in [3.8, 4) is 0 Å². The molecule has 0 saturated carbocycles. The summed E-state index contributed by atoms with van der Waals surface area (Å²) in [7, 11) is -1.72. The van der Waals surface area contributed by atoms with Gasteiger partial charge in [-0.05, 0) is 36.2 Å². The Morgan fingerprint density at radius 1 is 1.25 bits per heavy atom. The van der Waals surface area contributed by atoms with Gasteiger partial charge in [-0.1, -0.05) is 23.7 Å². The molecule has 0 bridgehead atoms. The monoisotopic (exact) mass is 330 g/mol. The molecule has 0 aliphatic heterocycles. The van der Waals surface area contributed by atoms with E-state index < -0.39 is 10.0 Å². The summed E-state index contributed by atoms with van der Waals surface area (Å²) in [5, 5.41) is 5.33. The molecule has 4 nitrogen and oxygen atoms in total. The minimum Gasteiger partial charge on any atom is -0.315 e. The van der Waals surface area contributed by atoms with Crippen molar-refractivity contribution < 1.29 is 8.42 Å². The first-order valence-electron chi connectivity index (χ1n) is 5.98. The van der Waals surface area contributed by atoms with Gasteiger partial charge >= 0.3 is 0 Å². The molecule has 0 aliphatic rings. The van der Waals surface area contributed by atoms with Crippen molar-refractivity contribution in [1.29, 1.82) is 0 Å². The maximum Gasteiger partial charge on any atom is 0.242 e. The van der Waals surface area contributed by atoms with Crippen molar-refractivity contribution in [2.45, 2.75) is 18.0 Å². The van der Waals surface area contributed by atoms with Gasteiger partial charge in [-0.2, -0.15) is 0 Å². The third kappa shape index (κ3) is 3.80. The summed E-state index contributed by atoms with van der Waals surface area (Å²) in [6.45, 7) is 0.753. The minimum absolute atomic E-state index is 0.220. The smallest absolute Gasteiger partial charge is 0.242 e. The van der Waals surface area contributed by atoms with Crippen LogP contribution < -0.4 is 10.0 Å². The Morgan fingerprint density at radius 3 is 2.75 bits per heavy atom. The van der Waals surface area contributed by atoms with Crippen molar-refractivity contribution in [3.63, 3.8) is 0 Å². The lowest BCUT2D eigenvalue weighted by atomic mass is 10.2. The largest absolute Gasteiger partial charge is 0.315 e. The van der Waals surface area contributed by atoms with Gasteiger partial charge < -0.3 is 5.32 Å². The summed E-state index contributed by atoms with van der Waals surface area (Å²) in [5.74, 6) is 0. The van der Waals surface area contributed by atoms with E-state index in [1.54, 1.807) is 36.7 Å². The van der Waals surface area contributed by atoms with Crippen LogP contribution >= 0.6 is 22.9 Å². The lowest BCUT2D eigenvalue weighted by molar-refractivity contribution is 0.580. The summed E-state index contributed by atoms with van der Waals surface area (Å²) in [6, 6.07) is 8.74. The van der Waals surface area contributed by atoms with Crippen LogP contribution in [0.2, 0.25) is 5.02 Å². The van der Waals surface area contributed by atoms with E-state index in [0.29, 0.717) is 16.5 Å². The molecule has 0 unspecified atom stereocenters. The van der Waals surface area contributed by atoms with Crippen LogP contribution in [0.1, 0.15) is 10.4 Å². The van der Waals surface area contributed by atoms with Gasteiger partial charge in [0.1, 0.15) is 0 Å². The standard InChI is InChI=1S/C13H15ClN2O2S2/c1-15-9-12-13(5-6-19-12)20(17,18)16-8-10-3-2-4-11(14)7-10/h2-7,15-16H,8-9H2,1H3. The first-order valence-corrected chi connectivity index (χ1v) is 8.72. The van der Waals surface area contributed by atoms with Crippen LogP contribution in [0.25, 0.3) is 0 Å². The van der Waals surface area contributed by atoms with Gasteiger partial charge in [-0.3, -0.25) is 0 Å². The number of benzene rings is 1. The van der Waals surface area contributed by atoms with E-state index in [1.165, 1.54) is 11.3 Å². The second kappa shape index (κ2) is 6.69. The zero-order valence-electron chi connectivity index (χ0n) is 10.9. The van der Waals surface area contributed by atoms with E-state index in [1.807, 2.05) is 6.07 Å². The fourth-order valence-electron chi connectivity index (χ4n) is 1.76. The molecule has 7 heteroatoms. The molecule has 1 aromatic carbocycles.